The minimum Gasteiger partial charge on any atom is -0.478 e. The molecule has 0 saturated heterocycles. The van der Waals surface area contributed by atoms with Crippen LogP contribution in [0.25, 0.3) is 11.1 Å². The molecule has 1 N–H and O–H groups in total. The SMILES string of the molecule is Cc1c(N(C)C(=O)OCC2c3ccccc3-c3ccccc32)cc(C(=O)O)cc1[B-](F)(F)F. The number of hydrogen-bond acceptors (Lipinski definition) is 3. The van der Waals surface area contributed by atoms with Gasteiger partial charge in [-0.1, -0.05) is 60.2 Å². The second kappa shape index (κ2) is 8.31. The van der Waals surface area contributed by atoms with E-state index in [1.165, 1.54) is 14.0 Å². The molecule has 5 nitrogen and oxygen atoms in total. The molecule has 0 radical (unpaired) electrons. The molecular weight excluding hydrogens is 434 g/mol. The van der Waals surface area contributed by atoms with Crippen molar-refractivity contribution in [1.82, 2.24) is 0 Å². The Bertz CT molecular complexity index is 1210. The summed E-state index contributed by atoms with van der Waals surface area (Å²) < 4.78 is 46.0. The van der Waals surface area contributed by atoms with E-state index in [-0.39, 0.29) is 23.8 Å². The summed E-state index contributed by atoms with van der Waals surface area (Å²) in [4.78, 5) is 25.1. The van der Waals surface area contributed by atoms with Crippen LogP contribution in [-0.4, -0.2) is 37.8 Å². The number of aromatic carboxylic acids is 1. The van der Waals surface area contributed by atoms with E-state index < -0.39 is 30.1 Å². The van der Waals surface area contributed by atoms with Crippen LogP contribution in [0.5, 0.6) is 0 Å². The predicted octanol–water partition coefficient (Wildman–Crippen LogP) is 5.13. The maximum absolute atomic E-state index is 13.5. The second-order valence-corrected chi connectivity index (χ2v) is 7.95. The molecule has 9 heteroatoms. The number of carbonyl (C=O) groups is 2. The third-order valence-electron chi connectivity index (χ3n) is 5.99. The normalized spacial score (nSPS) is 12.8. The van der Waals surface area contributed by atoms with Crippen molar-refractivity contribution in [2.75, 3.05) is 18.6 Å². The predicted molar refractivity (Wildman–Crippen MR) is 120 cm³/mol. The van der Waals surface area contributed by atoms with Crippen LogP contribution >= 0.6 is 0 Å². The van der Waals surface area contributed by atoms with Gasteiger partial charge < -0.3 is 22.8 Å². The molecule has 0 fully saturated rings. The van der Waals surface area contributed by atoms with Gasteiger partial charge >= 0.3 is 19.0 Å². The van der Waals surface area contributed by atoms with Gasteiger partial charge in [0.1, 0.15) is 6.61 Å². The zero-order chi connectivity index (χ0) is 23.9. The molecule has 3 aromatic rings. The number of fused-ring (bicyclic) bond motifs is 3. The third kappa shape index (κ3) is 4.06. The number of carboxylic acid groups (broad SMARTS) is 1. The number of benzene rings is 3. The Hall–Kier alpha value is -3.75. The Morgan fingerprint density at radius 3 is 2.06 bits per heavy atom. The molecule has 1 aliphatic carbocycles. The minimum atomic E-state index is -5.47. The highest BCUT2D eigenvalue weighted by molar-refractivity contribution is 6.74. The van der Waals surface area contributed by atoms with Crippen LogP contribution in [-0.2, 0) is 4.74 Å². The van der Waals surface area contributed by atoms with E-state index in [2.05, 4.69) is 0 Å². The summed E-state index contributed by atoms with van der Waals surface area (Å²) >= 11 is 0. The van der Waals surface area contributed by atoms with E-state index in [0.29, 0.717) is 6.07 Å². The van der Waals surface area contributed by atoms with Gasteiger partial charge in [-0.2, -0.15) is 0 Å². The summed E-state index contributed by atoms with van der Waals surface area (Å²) in [5.74, 6) is -1.73. The van der Waals surface area contributed by atoms with Crippen molar-refractivity contribution in [3.63, 3.8) is 0 Å². The summed E-state index contributed by atoms with van der Waals surface area (Å²) in [6.07, 6.45) is -0.872. The molecule has 0 saturated carbocycles. The molecule has 3 aromatic carbocycles. The number of rotatable bonds is 5. The highest BCUT2D eigenvalue weighted by atomic mass is 19.4. The molecule has 33 heavy (non-hydrogen) atoms. The quantitative estimate of drug-likeness (QED) is 0.543. The number of anilines is 1. The van der Waals surface area contributed by atoms with Gasteiger partial charge in [0, 0.05) is 18.7 Å². The van der Waals surface area contributed by atoms with E-state index in [1.54, 1.807) is 0 Å². The Morgan fingerprint density at radius 1 is 1.00 bits per heavy atom. The molecular formula is C24H20BF3NO4-. The van der Waals surface area contributed by atoms with Crippen LogP contribution in [0.4, 0.5) is 23.4 Å². The first-order valence-corrected chi connectivity index (χ1v) is 10.3. The smallest absolute Gasteiger partial charge is 0.478 e. The molecule has 0 spiro atoms. The number of halogens is 3. The molecule has 0 unspecified atom stereocenters. The molecule has 4 rings (SSSR count). The maximum Gasteiger partial charge on any atom is 0.509 e. The average Bonchev–Trinajstić information content (AvgIpc) is 3.10. The van der Waals surface area contributed by atoms with Crippen molar-refractivity contribution >= 4 is 30.2 Å². The van der Waals surface area contributed by atoms with Crippen molar-refractivity contribution in [2.45, 2.75) is 12.8 Å². The average molecular weight is 454 g/mol. The fourth-order valence-corrected chi connectivity index (χ4v) is 4.32. The third-order valence-corrected chi connectivity index (χ3v) is 5.99. The van der Waals surface area contributed by atoms with Crippen molar-refractivity contribution in [1.29, 1.82) is 0 Å². The van der Waals surface area contributed by atoms with Gasteiger partial charge in [0.25, 0.3) is 0 Å². The fraction of sp³-hybridized carbons (Fsp3) is 0.167. The van der Waals surface area contributed by atoms with Crippen LogP contribution in [0.1, 0.15) is 33.0 Å². The number of hydrogen-bond donors (Lipinski definition) is 1. The summed E-state index contributed by atoms with van der Waals surface area (Å²) in [6.45, 7) is -4.27. The molecule has 1 amide bonds. The van der Waals surface area contributed by atoms with Gasteiger partial charge in [0.05, 0.1) is 5.56 Å². The van der Waals surface area contributed by atoms with Crippen LogP contribution in [0.3, 0.4) is 0 Å². The van der Waals surface area contributed by atoms with E-state index >= 15 is 0 Å². The van der Waals surface area contributed by atoms with Crippen molar-refractivity contribution < 1.29 is 32.4 Å². The van der Waals surface area contributed by atoms with Gasteiger partial charge in [-0.05, 0) is 35.2 Å². The van der Waals surface area contributed by atoms with Crippen LogP contribution < -0.4 is 10.4 Å². The maximum atomic E-state index is 13.5. The van der Waals surface area contributed by atoms with E-state index in [1.807, 2.05) is 48.5 Å². The molecule has 170 valence electrons. The summed E-state index contributed by atoms with van der Waals surface area (Å²) in [5.41, 5.74) is 2.09. The minimum absolute atomic E-state index is 0.00899. The lowest BCUT2D eigenvalue weighted by molar-refractivity contribution is 0.0697. The van der Waals surface area contributed by atoms with Gasteiger partial charge in [0.2, 0.25) is 0 Å². The van der Waals surface area contributed by atoms with Crippen molar-refractivity contribution in [3.8, 4) is 11.1 Å². The van der Waals surface area contributed by atoms with Crippen LogP contribution in [0.2, 0.25) is 0 Å². The molecule has 0 heterocycles. The van der Waals surface area contributed by atoms with Crippen LogP contribution in [0.15, 0.2) is 60.7 Å². The molecule has 0 atom stereocenters. The van der Waals surface area contributed by atoms with Crippen LogP contribution in [0, 0.1) is 6.92 Å². The first-order chi connectivity index (χ1) is 15.6. The number of nitrogens with zero attached hydrogens (tertiary/aromatic N) is 1. The lowest BCUT2D eigenvalue weighted by atomic mass is 9.75. The Kier molecular flexibility index (Phi) is 5.65. The van der Waals surface area contributed by atoms with Gasteiger partial charge in [0.15, 0.2) is 0 Å². The van der Waals surface area contributed by atoms with Gasteiger partial charge in [-0.25, -0.2) is 9.59 Å². The lowest BCUT2D eigenvalue weighted by Gasteiger charge is -2.26. The van der Waals surface area contributed by atoms with E-state index in [0.717, 1.165) is 33.2 Å². The Morgan fingerprint density at radius 2 is 1.55 bits per heavy atom. The number of ether oxygens (including phenoxy) is 1. The molecule has 0 bridgehead atoms. The summed E-state index contributed by atoms with van der Waals surface area (Å²) in [6, 6.07) is 17.2. The first kappa shape index (κ1) is 22.4. The Labute approximate surface area is 188 Å². The highest BCUT2D eigenvalue weighted by Gasteiger charge is 2.32. The number of carboxylic acids is 1. The van der Waals surface area contributed by atoms with E-state index in [4.69, 9.17) is 4.74 Å². The summed E-state index contributed by atoms with van der Waals surface area (Å²) in [5, 5.41) is 9.25. The molecule has 0 aliphatic heterocycles. The molecule has 0 aromatic heterocycles. The standard InChI is InChI=1S/C24H20BF3NO4/c1-14-21(25(26,27)28)11-15(23(30)31)12-22(14)29(2)24(32)33-13-20-18-9-5-3-7-16(18)17-8-4-6-10-19(17)20/h3-12,20H,13H2,1-2H3,(H,30,31)/q-1. The topological polar surface area (TPSA) is 66.8 Å². The van der Waals surface area contributed by atoms with E-state index in [9.17, 15) is 27.6 Å². The lowest BCUT2D eigenvalue weighted by Crippen LogP contribution is -2.39. The Balaban J connectivity index is 1.61. The largest absolute Gasteiger partial charge is 0.509 e. The van der Waals surface area contributed by atoms with Crippen molar-refractivity contribution in [2.24, 2.45) is 0 Å². The van der Waals surface area contributed by atoms with Gasteiger partial charge in [-0.15, -0.1) is 5.46 Å². The zero-order valence-electron chi connectivity index (χ0n) is 17.9. The fourth-order valence-electron chi connectivity index (χ4n) is 4.32. The first-order valence-electron chi connectivity index (χ1n) is 10.3. The zero-order valence-corrected chi connectivity index (χ0v) is 17.9. The number of carbonyl (C=O) groups excluding carboxylic acids is 1. The van der Waals surface area contributed by atoms with Gasteiger partial charge in [-0.3, -0.25) is 4.90 Å². The monoisotopic (exact) mass is 454 g/mol. The molecule has 1 aliphatic rings. The van der Waals surface area contributed by atoms with Crippen molar-refractivity contribution in [3.05, 3.63) is 82.9 Å². The summed E-state index contributed by atoms with van der Waals surface area (Å²) in [7, 11) is 1.26. The highest BCUT2D eigenvalue weighted by Crippen LogP contribution is 2.44. The number of amides is 1. The second-order valence-electron chi connectivity index (χ2n) is 7.95.